The quantitative estimate of drug-likeness (QED) is 0.0808. The molecule has 0 atom stereocenters. The molecule has 0 radical (unpaired) electrons. The fourth-order valence-electron chi connectivity index (χ4n) is 4.21. The molecule has 2 aromatic carbocycles. The van der Waals surface area contributed by atoms with Crippen molar-refractivity contribution in [3.63, 3.8) is 0 Å². The molecule has 0 aliphatic carbocycles. The van der Waals surface area contributed by atoms with Crippen molar-refractivity contribution >= 4 is 11.4 Å². The number of unbranched alkanes of at least 4 members (excludes halogenated alkanes) is 8. The van der Waals surface area contributed by atoms with Crippen LogP contribution in [0.3, 0.4) is 0 Å². The fourth-order valence-corrected chi connectivity index (χ4v) is 4.21. The van der Waals surface area contributed by atoms with Crippen LogP contribution >= 0.6 is 0 Å². The zero-order chi connectivity index (χ0) is 26.6. The molecule has 0 aromatic heterocycles. The zero-order valence-corrected chi connectivity index (χ0v) is 22.8. The third-order valence-corrected chi connectivity index (χ3v) is 6.48. The molecule has 2 rings (SSSR count). The molecule has 2 aromatic rings. The molecule has 6 nitrogen and oxygen atoms in total. The zero-order valence-electron chi connectivity index (χ0n) is 22.8. The van der Waals surface area contributed by atoms with Gasteiger partial charge in [-0.05, 0) is 91.8 Å². The van der Waals surface area contributed by atoms with Crippen LogP contribution in [-0.2, 0) is 0 Å². The Bertz CT molecular complexity index is 832. The topological polar surface area (TPSA) is 83.6 Å². The van der Waals surface area contributed by atoms with Gasteiger partial charge in [0.15, 0.2) is 0 Å². The molecule has 0 fully saturated rings. The van der Waals surface area contributed by atoms with Gasteiger partial charge in [-0.3, -0.25) is 0 Å². The monoisotopic (exact) mass is 510 g/mol. The van der Waals surface area contributed by atoms with Gasteiger partial charge < -0.3 is 19.9 Å². The lowest BCUT2D eigenvalue weighted by Gasteiger charge is -2.10. The molecule has 0 heterocycles. The molecule has 6 heteroatoms. The van der Waals surface area contributed by atoms with Crippen LogP contribution in [0, 0.1) is 0 Å². The van der Waals surface area contributed by atoms with E-state index in [9.17, 15) is 10.4 Å². The fraction of sp³-hybridized carbons (Fsp3) is 0.548. The molecule has 37 heavy (non-hydrogen) atoms. The van der Waals surface area contributed by atoms with E-state index in [0.29, 0.717) is 30.7 Å². The predicted octanol–water partition coefficient (Wildman–Crippen LogP) is 8.61. The Kier molecular flexibility index (Phi) is 15.6. The third kappa shape index (κ3) is 12.2. The number of oxime groups is 2. The summed E-state index contributed by atoms with van der Waals surface area (Å²) in [6.07, 6.45) is 13.9. The number of rotatable bonds is 20. The highest BCUT2D eigenvalue weighted by Crippen LogP contribution is 2.19. The molecular formula is C31H46N2O4. The minimum atomic E-state index is 0.562. The Hall–Kier alpha value is -3.02. The Balaban J connectivity index is 1.75. The van der Waals surface area contributed by atoms with Gasteiger partial charge in [0, 0.05) is 0 Å². The van der Waals surface area contributed by atoms with Crippen LogP contribution in [0.25, 0.3) is 0 Å². The maximum absolute atomic E-state index is 9.56. The maximum Gasteiger partial charge on any atom is 0.119 e. The van der Waals surface area contributed by atoms with Gasteiger partial charge >= 0.3 is 0 Å². The highest BCUT2D eigenvalue weighted by atomic mass is 16.5. The standard InChI is InChI=1S/C31H46N2O4/c1-3-5-7-9-11-24-36-28-20-16-26(17-21-28)30(32-34)14-13-15-31(33-35)27-18-22-29(23-19-27)37-25-12-10-8-6-4-2/h16-23,34-35H,3-15,24-25H2,1-2H3/b32-30-,33-31+. The van der Waals surface area contributed by atoms with E-state index >= 15 is 0 Å². The second-order valence-electron chi connectivity index (χ2n) is 9.52. The number of nitrogens with zero attached hydrogens (tertiary/aromatic N) is 2. The van der Waals surface area contributed by atoms with Gasteiger partial charge in [-0.15, -0.1) is 0 Å². The van der Waals surface area contributed by atoms with E-state index in [1.807, 2.05) is 48.5 Å². The van der Waals surface area contributed by atoms with Crippen LogP contribution in [0.2, 0.25) is 0 Å². The molecule has 2 N–H and O–H groups in total. The van der Waals surface area contributed by atoms with Gasteiger partial charge in [0.2, 0.25) is 0 Å². The lowest BCUT2D eigenvalue weighted by Crippen LogP contribution is -2.06. The van der Waals surface area contributed by atoms with Crippen molar-refractivity contribution in [2.75, 3.05) is 13.2 Å². The van der Waals surface area contributed by atoms with E-state index in [4.69, 9.17) is 9.47 Å². The van der Waals surface area contributed by atoms with Gasteiger partial charge in [0.05, 0.1) is 24.6 Å². The van der Waals surface area contributed by atoms with Gasteiger partial charge in [-0.1, -0.05) is 75.5 Å². The summed E-state index contributed by atoms with van der Waals surface area (Å²) in [6, 6.07) is 15.4. The van der Waals surface area contributed by atoms with Gasteiger partial charge in [-0.25, -0.2) is 0 Å². The number of benzene rings is 2. The van der Waals surface area contributed by atoms with Crippen molar-refractivity contribution in [3.8, 4) is 11.5 Å². The van der Waals surface area contributed by atoms with Gasteiger partial charge in [0.1, 0.15) is 11.5 Å². The van der Waals surface area contributed by atoms with Crippen LogP contribution in [0.4, 0.5) is 0 Å². The highest BCUT2D eigenvalue weighted by Gasteiger charge is 2.09. The van der Waals surface area contributed by atoms with Crippen LogP contribution in [-0.4, -0.2) is 35.1 Å². The van der Waals surface area contributed by atoms with Crippen molar-refractivity contribution < 1.29 is 19.9 Å². The summed E-state index contributed by atoms with van der Waals surface area (Å²) in [5, 5.41) is 26.1. The molecule has 0 amide bonds. The van der Waals surface area contributed by atoms with Crippen molar-refractivity contribution in [2.24, 2.45) is 10.3 Å². The minimum absolute atomic E-state index is 0.562. The molecule has 0 unspecified atom stereocenters. The third-order valence-electron chi connectivity index (χ3n) is 6.48. The molecular weight excluding hydrogens is 464 g/mol. The summed E-state index contributed by atoms with van der Waals surface area (Å²) in [5.74, 6) is 1.66. The summed E-state index contributed by atoms with van der Waals surface area (Å²) in [6.45, 7) is 5.87. The summed E-state index contributed by atoms with van der Waals surface area (Å²) in [5.41, 5.74) is 2.92. The molecule has 0 aliphatic rings. The van der Waals surface area contributed by atoms with Crippen molar-refractivity contribution in [2.45, 2.75) is 97.3 Å². The highest BCUT2D eigenvalue weighted by molar-refractivity contribution is 6.02. The maximum atomic E-state index is 9.56. The molecule has 0 saturated heterocycles. The van der Waals surface area contributed by atoms with Crippen molar-refractivity contribution in [1.82, 2.24) is 0 Å². The molecule has 0 aliphatic heterocycles. The second-order valence-corrected chi connectivity index (χ2v) is 9.52. The first-order valence-corrected chi connectivity index (χ1v) is 14.1. The first kappa shape index (κ1) is 30.2. The van der Waals surface area contributed by atoms with E-state index in [-0.39, 0.29) is 0 Å². The Morgan fingerprint density at radius 1 is 0.541 bits per heavy atom. The summed E-state index contributed by atoms with van der Waals surface area (Å²) in [4.78, 5) is 0. The van der Waals surface area contributed by atoms with Gasteiger partial charge in [0.25, 0.3) is 0 Å². The Morgan fingerprint density at radius 3 is 1.27 bits per heavy atom. The van der Waals surface area contributed by atoms with E-state index in [0.717, 1.165) is 48.7 Å². The average molecular weight is 511 g/mol. The first-order valence-electron chi connectivity index (χ1n) is 14.1. The first-order chi connectivity index (χ1) is 18.2. The lowest BCUT2D eigenvalue weighted by atomic mass is 10.0. The lowest BCUT2D eigenvalue weighted by molar-refractivity contribution is 0.304. The second kappa shape index (κ2) is 19.1. The summed E-state index contributed by atoms with van der Waals surface area (Å²) in [7, 11) is 0. The van der Waals surface area contributed by atoms with Crippen LogP contribution in [0.1, 0.15) is 108 Å². The molecule has 0 bridgehead atoms. The van der Waals surface area contributed by atoms with Crippen LogP contribution in [0.15, 0.2) is 58.8 Å². The van der Waals surface area contributed by atoms with Crippen LogP contribution in [0.5, 0.6) is 11.5 Å². The molecule has 204 valence electrons. The van der Waals surface area contributed by atoms with Crippen molar-refractivity contribution in [3.05, 3.63) is 59.7 Å². The SMILES string of the molecule is CCCCCCCOc1ccc(/C(CCC/C(=N\O)c2ccc(OCCCCCCC)cc2)=N\O)cc1. The van der Waals surface area contributed by atoms with E-state index in [1.54, 1.807) is 0 Å². The minimum Gasteiger partial charge on any atom is -0.494 e. The summed E-state index contributed by atoms with van der Waals surface area (Å²) < 4.78 is 11.7. The average Bonchev–Trinajstić information content (AvgIpc) is 2.94. The van der Waals surface area contributed by atoms with Crippen molar-refractivity contribution in [1.29, 1.82) is 0 Å². The van der Waals surface area contributed by atoms with E-state index in [1.165, 1.54) is 51.4 Å². The Labute approximate surface area is 223 Å². The normalized spacial score (nSPS) is 12.1. The predicted molar refractivity (Wildman–Crippen MR) is 152 cm³/mol. The molecule has 0 saturated carbocycles. The van der Waals surface area contributed by atoms with Crippen LogP contribution < -0.4 is 9.47 Å². The van der Waals surface area contributed by atoms with Gasteiger partial charge in [-0.2, -0.15) is 0 Å². The van der Waals surface area contributed by atoms with E-state index in [2.05, 4.69) is 24.2 Å². The number of hydrogen-bond acceptors (Lipinski definition) is 6. The largest absolute Gasteiger partial charge is 0.494 e. The number of hydrogen-bond donors (Lipinski definition) is 2. The molecule has 0 spiro atoms. The Morgan fingerprint density at radius 2 is 0.919 bits per heavy atom. The smallest absolute Gasteiger partial charge is 0.119 e. The summed E-state index contributed by atoms with van der Waals surface area (Å²) >= 11 is 0. The van der Waals surface area contributed by atoms with E-state index < -0.39 is 0 Å². The number of ether oxygens (including phenoxy) is 2.